The first-order valence-corrected chi connectivity index (χ1v) is 4.21. The van der Waals surface area contributed by atoms with Gasteiger partial charge in [-0.05, 0) is 6.42 Å². The molecule has 0 bridgehead atoms. The molecule has 11 heavy (non-hydrogen) atoms. The molecular weight excluding hydrogens is 159 g/mol. The summed E-state index contributed by atoms with van der Waals surface area (Å²) >= 11 is 4.05. The van der Waals surface area contributed by atoms with Gasteiger partial charge in [-0.3, -0.25) is 4.79 Å². The standard InChI is InChI=1S/C7H13BO2S/c1-3-6(8)10-7(9)4-5(2)11/h5-6,11H,3-4H2,1-2H3. The van der Waals surface area contributed by atoms with Gasteiger partial charge in [0, 0.05) is 5.25 Å². The van der Waals surface area contributed by atoms with E-state index in [0.29, 0.717) is 12.8 Å². The zero-order valence-electron chi connectivity index (χ0n) is 6.91. The van der Waals surface area contributed by atoms with E-state index in [-0.39, 0.29) is 11.2 Å². The van der Waals surface area contributed by atoms with Crippen molar-refractivity contribution in [2.75, 3.05) is 0 Å². The molecule has 0 aromatic heterocycles. The van der Waals surface area contributed by atoms with Crippen LogP contribution in [-0.4, -0.2) is 25.1 Å². The van der Waals surface area contributed by atoms with Crippen LogP contribution in [0.3, 0.4) is 0 Å². The first-order chi connectivity index (χ1) is 5.06. The average Bonchev–Trinajstić information content (AvgIpc) is 1.85. The van der Waals surface area contributed by atoms with Gasteiger partial charge in [0.25, 0.3) is 0 Å². The van der Waals surface area contributed by atoms with E-state index in [1.807, 2.05) is 13.8 Å². The van der Waals surface area contributed by atoms with Gasteiger partial charge in [-0.2, -0.15) is 12.6 Å². The van der Waals surface area contributed by atoms with Crippen LogP contribution < -0.4 is 0 Å². The van der Waals surface area contributed by atoms with E-state index in [9.17, 15) is 4.79 Å². The Kier molecular flexibility index (Phi) is 5.47. The lowest BCUT2D eigenvalue weighted by molar-refractivity contribution is -0.145. The largest absolute Gasteiger partial charge is 0.473 e. The van der Waals surface area contributed by atoms with Crippen LogP contribution in [0, 0.1) is 0 Å². The molecule has 0 spiro atoms. The van der Waals surface area contributed by atoms with E-state index in [2.05, 4.69) is 12.6 Å². The van der Waals surface area contributed by atoms with Crippen molar-refractivity contribution in [1.29, 1.82) is 0 Å². The van der Waals surface area contributed by atoms with Gasteiger partial charge in [-0.25, -0.2) is 0 Å². The van der Waals surface area contributed by atoms with Crippen molar-refractivity contribution in [3.05, 3.63) is 0 Å². The number of rotatable bonds is 4. The zero-order chi connectivity index (χ0) is 8.85. The molecule has 0 aliphatic heterocycles. The number of thiol groups is 1. The van der Waals surface area contributed by atoms with Gasteiger partial charge < -0.3 is 4.74 Å². The van der Waals surface area contributed by atoms with E-state index in [1.54, 1.807) is 0 Å². The summed E-state index contributed by atoms with van der Waals surface area (Å²) in [6.45, 7) is 3.70. The number of carbonyl (C=O) groups is 1. The predicted molar refractivity (Wildman–Crippen MR) is 49.0 cm³/mol. The first-order valence-electron chi connectivity index (χ1n) is 3.69. The average molecular weight is 172 g/mol. The number of esters is 1. The van der Waals surface area contributed by atoms with Crippen LogP contribution in [0.2, 0.25) is 0 Å². The summed E-state index contributed by atoms with van der Waals surface area (Å²) < 4.78 is 4.80. The third kappa shape index (κ3) is 6.29. The predicted octanol–water partition coefficient (Wildman–Crippen LogP) is 1.14. The Labute approximate surface area is 74.5 Å². The van der Waals surface area contributed by atoms with Gasteiger partial charge in [0.05, 0.1) is 12.4 Å². The molecule has 2 radical (unpaired) electrons. The highest BCUT2D eigenvalue weighted by Gasteiger charge is 2.09. The van der Waals surface area contributed by atoms with E-state index < -0.39 is 6.00 Å². The van der Waals surface area contributed by atoms with E-state index in [1.165, 1.54) is 0 Å². The van der Waals surface area contributed by atoms with Crippen LogP contribution in [0.4, 0.5) is 0 Å². The van der Waals surface area contributed by atoms with Crippen LogP contribution >= 0.6 is 12.6 Å². The Balaban J connectivity index is 3.52. The quantitative estimate of drug-likeness (QED) is 0.391. The van der Waals surface area contributed by atoms with Crippen molar-refractivity contribution < 1.29 is 9.53 Å². The fourth-order valence-electron chi connectivity index (χ4n) is 0.541. The maximum absolute atomic E-state index is 10.9. The maximum Gasteiger partial charge on any atom is 0.306 e. The second-order valence-corrected chi connectivity index (χ2v) is 3.37. The molecule has 0 fully saturated rings. The highest BCUT2D eigenvalue weighted by molar-refractivity contribution is 7.80. The highest BCUT2D eigenvalue weighted by atomic mass is 32.1. The summed E-state index contributed by atoms with van der Waals surface area (Å²) in [5, 5.41) is 0.0338. The number of hydrogen-bond acceptors (Lipinski definition) is 3. The smallest absolute Gasteiger partial charge is 0.306 e. The third-order valence-corrected chi connectivity index (χ3v) is 1.33. The summed E-state index contributed by atoms with van der Waals surface area (Å²) in [5.74, 6) is -0.276. The molecule has 0 saturated heterocycles. The Morgan fingerprint density at radius 1 is 1.73 bits per heavy atom. The van der Waals surface area contributed by atoms with Gasteiger partial charge in [-0.1, -0.05) is 13.8 Å². The summed E-state index contributed by atoms with van der Waals surface area (Å²) in [5.41, 5.74) is 0. The minimum absolute atomic E-state index is 0.0338. The van der Waals surface area contributed by atoms with Crippen molar-refractivity contribution in [3.63, 3.8) is 0 Å². The molecule has 0 aromatic rings. The summed E-state index contributed by atoms with van der Waals surface area (Å²) in [6, 6.07) is -0.463. The summed E-state index contributed by atoms with van der Waals surface area (Å²) in [6.07, 6.45) is 0.962. The van der Waals surface area contributed by atoms with Gasteiger partial charge in [0.15, 0.2) is 0 Å². The topological polar surface area (TPSA) is 26.3 Å². The van der Waals surface area contributed by atoms with Gasteiger partial charge in [-0.15, -0.1) is 0 Å². The normalized spacial score (nSPS) is 15.5. The fraction of sp³-hybridized carbons (Fsp3) is 0.857. The van der Waals surface area contributed by atoms with Crippen LogP contribution in [0.25, 0.3) is 0 Å². The molecule has 0 aliphatic carbocycles. The van der Waals surface area contributed by atoms with Crippen LogP contribution in [0.15, 0.2) is 0 Å². The molecule has 0 amide bonds. The lowest BCUT2D eigenvalue weighted by atomic mass is 9.98. The van der Waals surface area contributed by atoms with Crippen molar-refractivity contribution in [3.8, 4) is 0 Å². The molecule has 0 aromatic carbocycles. The minimum atomic E-state index is -0.463. The van der Waals surface area contributed by atoms with Gasteiger partial charge in [0.1, 0.15) is 7.85 Å². The molecule has 2 nitrogen and oxygen atoms in total. The SMILES string of the molecule is [B]C(CC)OC(=O)CC(C)S. The van der Waals surface area contributed by atoms with E-state index in [4.69, 9.17) is 12.6 Å². The van der Waals surface area contributed by atoms with E-state index in [0.717, 1.165) is 0 Å². The molecule has 0 aliphatic rings. The fourth-order valence-corrected chi connectivity index (χ4v) is 0.691. The van der Waals surface area contributed by atoms with Gasteiger partial charge in [0.2, 0.25) is 0 Å². The summed E-state index contributed by atoms with van der Waals surface area (Å²) in [4.78, 5) is 10.9. The molecular formula is C7H13BO2S. The monoisotopic (exact) mass is 172 g/mol. The maximum atomic E-state index is 10.9. The first kappa shape index (κ1) is 10.9. The number of ether oxygens (including phenoxy) is 1. The molecule has 0 heterocycles. The van der Waals surface area contributed by atoms with Crippen molar-refractivity contribution in [1.82, 2.24) is 0 Å². The van der Waals surface area contributed by atoms with Crippen LogP contribution in [0.5, 0.6) is 0 Å². The lowest BCUT2D eigenvalue weighted by Gasteiger charge is -2.11. The van der Waals surface area contributed by atoms with E-state index >= 15 is 0 Å². The van der Waals surface area contributed by atoms with Crippen LogP contribution in [-0.2, 0) is 9.53 Å². The highest BCUT2D eigenvalue weighted by Crippen LogP contribution is 2.03. The molecule has 4 heteroatoms. The zero-order valence-corrected chi connectivity index (χ0v) is 7.80. The summed E-state index contributed by atoms with van der Waals surface area (Å²) in [7, 11) is 5.38. The second kappa shape index (κ2) is 5.52. The molecule has 0 saturated carbocycles. The molecule has 2 unspecified atom stereocenters. The lowest BCUT2D eigenvalue weighted by Crippen LogP contribution is -2.18. The molecule has 62 valence electrons. The molecule has 0 N–H and O–H groups in total. The van der Waals surface area contributed by atoms with Crippen molar-refractivity contribution in [2.24, 2.45) is 0 Å². The minimum Gasteiger partial charge on any atom is -0.473 e. The Morgan fingerprint density at radius 2 is 2.27 bits per heavy atom. The second-order valence-electron chi connectivity index (χ2n) is 2.49. The Morgan fingerprint density at radius 3 is 2.64 bits per heavy atom. The number of carbonyl (C=O) groups excluding carboxylic acids is 1. The van der Waals surface area contributed by atoms with Gasteiger partial charge >= 0.3 is 5.97 Å². The van der Waals surface area contributed by atoms with Crippen LogP contribution in [0.1, 0.15) is 26.7 Å². The Bertz CT molecular complexity index is 128. The Hall–Kier alpha value is -0.115. The molecule has 2 atom stereocenters. The third-order valence-electron chi connectivity index (χ3n) is 1.15. The number of hydrogen-bond donors (Lipinski definition) is 1. The van der Waals surface area contributed by atoms with Crippen molar-refractivity contribution >= 4 is 26.4 Å². The van der Waals surface area contributed by atoms with Crippen molar-refractivity contribution in [2.45, 2.75) is 37.9 Å². The molecule has 0 rings (SSSR count).